The molecule has 1 saturated heterocycles. The van der Waals surface area contributed by atoms with Crippen molar-refractivity contribution in [2.75, 3.05) is 78.5 Å². The molecule has 0 aliphatic carbocycles. The summed E-state index contributed by atoms with van der Waals surface area (Å²) in [6.45, 7) is 9.54. The first-order valence-corrected chi connectivity index (χ1v) is 24.5. The maximum atomic E-state index is 13.6. The maximum absolute atomic E-state index is 13.6. The number of carbonyl (C=O) groups is 7. The monoisotopic (exact) mass is 976 g/mol. The summed E-state index contributed by atoms with van der Waals surface area (Å²) in [6.07, 6.45) is 4.64. The summed E-state index contributed by atoms with van der Waals surface area (Å²) in [5.41, 5.74) is 1.53. The zero-order chi connectivity index (χ0) is 50.1. The molecule has 2 atom stereocenters. The number of nitrogens with zero attached hydrogens (tertiary/aromatic N) is 4. The minimum atomic E-state index is -5.20. The molecule has 22 heteroatoms. The lowest BCUT2D eigenvalue weighted by Crippen LogP contribution is -2.46. The van der Waals surface area contributed by atoms with E-state index in [2.05, 4.69) is 25.5 Å². The number of benzene rings is 2. The molecule has 2 aromatic rings. The smallest absolute Gasteiger partial charge is 0.480 e. The SMILES string of the molecule is CCCN(CCN(CCN(CCC)CC(=O)NCCCCC(NC(=O)CCc1ccc(OS(=O)(=O)F)cc1)C(=O)NCc1cccc(C(=O)NC(C)C(=O)N2CCCC2)c1)CC(=O)O)CC(=O)O. The number of aryl methyl sites for hydroxylation is 1. The molecule has 0 bridgehead atoms. The number of amides is 5. The van der Waals surface area contributed by atoms with Crippen molar-refractivity contribution in [1.82, 2.24) is 40.9 Å². The molecule has 5 amide bonds. The minimum absolute atomic E-state index is 0.0258. The van der Waals surface area contributed by atoms with Gasteiger partial charge in [0.2, 0.25) is 23.6 Å². The second-order valence-electron chi connectivity index (χ2n) is 16.8. The summed E-state index contributed by atoms with van der Waals surface area (Å²) >= 11 is 0. The van der Waals surface area contributed by atoms with Crippen molar-refractivity contribution in [1.29, 1.82) is 0 Å². The summed E-state index contributed by atoms with van der Waals surface area (Å²) in [4.78, 5) is 95.7. The second-order valence-corrected chi connectivity index (χ2v) is 17.8. The number of unbranched alkanes of at least 4 members (excludes halogenated alkanes) is 1. The van der Waals surface area contributed by atoms with Crippen LogP contribution in [0.5, 0.6) is 5.75 Å². The molecule has 2 aromatic carbocycles. The second kappa shape index (κ2) is 29.9. The Balaban J connectivity index is 1.57. The van der Waals surface area contributed by atoms with Gasteiger partial charge in [-0.2, -0.15) is 8.42 Å². The van der Waals surface area contributed by atoms with Crippen molar-refractivity contribution in [3.63, 3.8) is 0 Å². The van der Waals surface area contributed by atoms with Crippen LogP contribution in [0.4, 0.5) is 3.89 Å². The van der Waals surface area contributed by atoms with Crippen LogP contribution in [0.25, 0.3) is 0 Å². The highest BCUT2D eigenvalue weighted by Crippen LogP contribution is 2.16. The van der Waals surface area contributed by atoms with E-state index in [1.54, 1.807) is 45.9 Å². The lowest BCUT2D eigenvalue weighted by atomic mass is 10.1. The van der Waals surface area contributed by atoms with Gasteiger partial charge in [0.15, 0.2) is 0 Å². The van der Waals surface area contributed by atoms with Crippen LogP contribution >= 0.6 is 0 Å². The molecule has 68 heavy (non-hydrogen) atoms. The van der Waals surface area contributed by atoms with Gasteiger partial charge in [-0.25, -0.2) is 0 Å². The summed E-state index contributed by atoms with van der Waals surface area (Å²) in [7, 11) is -5.20. The molecule has 1 aliphatic heterocycles. The van der Waals surface area contributed by atoms with Crippen molar-refractivity contribution >= 4 is 52.0 Å². The maximum Gasteiger partial charge on any atom is 0.488 e. The molecule has 0 aromatic heterocycles. The fraction of sp³-hybridized carbons (Fsp3) is 0.587. The summed E-state index contributed by atoms with van der Waals surface area (Å²) in [5.74, 6) is -3.96. The van der Waals surface area contributed by atoms with Crippen LogP contribution in [0.15, 0.2) is 48.5 Å². The highest BCUT2D eigenvalue weighted by Gasteiger charge is 2.26. The third-order valence-corrected chi connectivity index (χ3v) is 11.5. The Morgan fingerprint density at radius 1 is 0.750 bits per heavy atom. The van der Waals surface area contributed by atoms with Crippen LogP contribution in [0.3, 0.4) is 0 Å². The van der Waals surface area contributed by atoms with Crippen molar-refractivity contribution in [3.05, 3.63) is 65.2 Å². The molecular formula is C46H69FN8O12S. The molecule has 20 nitrogen and oxygen atoms in total. The Kier molecular flexibility index (Phi) is 24.9. The van der Waals surface area contributed by atoms with E-state index in [1.807, 2.05) is 18.7 Å². The third kappa shape index (κ3) is 22.9. The van der Waals surface area contributed by atoms with Crippen LogP contribution in [0.2, 0.25) is 0 Å². The van der Waals surface area contributed by atoms with Gasteiger partial charge in [-0.15, -0.1) is 0 Å². The average Bonchev–Trinajstić information content (AvgIpc) is 3.83. The number of hydrogen-bond acceptors (Lipinski definition) is 13. The van der Waals surface area contributed by atoms with Gasteiger partial charge in [0.1, 0.15) is 17.8 Å². The molecule has 1 heterocycles. The van der Waals surface area contributed by atoms with Crippen LogP contribution in [0.1, 0.15) is 93.6 Å². The largest absolute Gasteiger partial charge is 0.488 e. The Morgan fingerprint density at radius 2 is 1.34 bits per heavy atom. The van der Waals surface area contributed by atoms with Crippen molar-refractivity contribution < 1.29 is 60.3 Å². The lowest BCUT2D eigenvalue weighted by molar-refractivity contribution is -0.140. The van der Waals surface area contributed by atoms with Crippen molar-refractivity contribution in [2.45, 2.75) is 97.2 Å². The van der Waals surface area contributed by atoms with E-state index < -0.39 is 52.2 Å². The highest BCUT2D eigenvalue weighted by atomic mass is 32.3. The highest BCUT2D eigenvalue weighted by molar-refractivity contribution is 7.81. The molecule has 1 fully saturated rings. The zero-order valence-corrected chi connectivity index (χ0v) is 40.2. The molecular weight excluding hydrogens is 908 g/mol. The summed E-state index contributed by atoms with van der Waals surface area (Å²) in [5, 5.41) is 30.0. The standard InChI is InChI=1S/C46H69FN8O12S/c1-4-21-52(25-27-54(33-43(60)61)28-26-53(22-5-2)32-42(58)59)31-41(57)48-20-7-6-13-39(51-40(56)19-16-35-14-17-38(18-15-35)67-68(47,65)66)45(63)49-30-36-11-10-12-37(29-36)44(62)50-34(3)46(64)55-23-8-9-24-55/h10-12,14-15,17-18,29,34,39H,4-9,13,16,19-28,30-33H2,1-3H3,(H,48,57)(H,49,63)(H,50,62)(H,51,56)(H,58,59)(H,60,61). The molecule has 0 radical (unpaired) electrons. The number of rotatable bonds is 33. The van der Waals surface area contributed by atoms with Crippen LogP contribution in [0, 0.1) is 0 Å². The van der Waals surface area contributed by atoms with E-state index in [1.165, 1.54) is 24.3 Å². The topological polar surface area (TPSA) is 264 Å². The van der Waals surface area contributed by atoms with Gasteiger partial charge in [0.05, 0.1) is 19.6 Å². The first-order chi connectivity index (χ1) is 32.3. The zero-order valence-electron chi connectivity index (χ0n) is 39.4. The first-order valence-electron chi connectivity index (χ1n) is 23.2. The van der Waals surface area contributed by atoms with Crippen molar-refractivity contribution in [2.24, 2.45) is 0 Å². The van der Waals surface area contributed by atoms with Gasteiger partial charge in [0, 0.05) is 64.3 Å². The predicted octanol–water partition coefficient (Wildman–Crippen LogP) is 1.94. The van der Waals surface area contributed by atoms with Gasteiger partial charge >= 0.3 is 22.4 Å². The quantitative estimate of drug-likeness (QED) is 0.0441. The minimum Gasteiger partial charge on any atom is -0.480 e. The van der Waals surface area contributed by atoms with Crippen molar-refractivity contribution in [3.8, 4) is 5.75 Å². The molecule has 1 aliphatic rings. The fourth-order valence-electron chi connectivity index (χ4n) is 7.66. The van der Waals surface area contributed by atoms with E-state index in [4.69, 9.17) is 0 Å². The number of halogens is 1. The van der Waals surface area contributed by atoms with Crippen LogP contribution in [-0.2, 0) is 52.2 Å². The Bertz CT molecular complexity index is 2070. The fourth-order valence-corrected chi connectivity index (χ4v) is 8.00. The van der Waals surface area contributed by atoms with E-state index in [-0.39, 0.29) is 69.6 Å². The van der Waals surface area contributed by atoms with Gasteiger partial charge in [-0.05, 0) is 107 Å². The molecule has 2 unspecified atom stereocenters. The summed E-state index contributed by atoms with van der Waals surface area (Å²) < 4.78 is 38.7. The first kappa shape index (κ1) is 56.6. The summed E-state index contributed by atoms with van der Waals surface area (Å²) in [6, 6.07) is 10.4. The number of carboxylic acid groups (broad SMARTS) is 2. The lowest BCUT2D eigenvalue weighted by Gasteiger charge is -2.28. The average molecular weight is 977 g/mol. The normalized spacial score (nSPS) is 13.5. The molecule has 0 saturated carbocycles. The van der Waals surface area contributed by atoms with E-state index in [0.717, 1.165) is 25.7 Å². The number of carboxylic acids is 2. The van der Waals surface area contributed by atoms with Gasteiger partial charge in [-0.3, -0.25) is 48.3 Å². The Hall–Kier alpha value is -5.71. The Morgan fingerprint density at radius 3 is 1.91 bits per heavy atom. The number of aliphatic carboxylic acids is 2. The third-order valence-electron chi connectivity index (χ3n) is 11.1. The number of nitrogens with one attached hydrogen (secondary N) is 4. The molecule has 6 N–H and O–H groups in total. The number of hydrogen-bond donors (Lipinski definition) is 6. The van der Waals surface area contributed by atoms with E-state index >= 15 is 0 Å². The van der Waals surface area contributed by atoms with E-state index in [9.17, 15) is 56.1 Å². The number of likely N-dealkylation sites (tertiary alicyclic amines) is 1. The van der Waals surface area contributed by atoms with Crippen LogP contribution in [-0.4, -0.2) is 170 Å². The molecule has 0 spiro atoms. The molecule has 378 valence electrons. The van der Waals surface area contributed by atoms with Gasteiger partial charge in [-0.1, -0.05) is 42.0 Å². The van der Waals surface area contributed by atoms with Gasteiger partial charge < -0.3 is 40.6 Å². The molecule has 3 rings (SSSR count). The van der Waals surface area contributed by atoms with E-state index in [0.29, 0.717) is 81.9 Å². The Labute approximate surface area is 398 Å². The number of carbonyl (C=O) groups excluding carboxylic acids is 5. The predicted molar refractivity (Wildman–Crippen MR) is 250 cm³/mol. The van der Waals surface area contributed by atoms with Crippen LogP contribution < -0.4 is 25.5 Å². The van der Waals surface area contributed by atoms with Gasteiger partial charge in [0.25, 0.3) is 5.91 Å².